The predicted molar refractivity (Wildman–Crippen MR) is 51.7 cm³/mol. The zero-order chi connectivity index (χ0) is 9.97. The minimum absolute atomic E-state index is 0.180. The number of carbonyl (C=O) groups excluding carboxylic acids is 1. The van der Waals surface area contributed by atoms with Crippen LogP contribution < -0.4 is 0 Å². The number of phenolic OH excluding ortho intramolecular Hbond substituents is 1. The summed E-state index contributed by atoms with van der Waals surface area (Å²) in [6.45, 7) is 0.443. The van der Waals surface area contributed by atoms with E-state index < -0.39 is 0 Å². The van der Waals surface area contributed by atoms with E-state index >= 15 is 0 Å². The van der Waals surface area contributed by atoms with E-state index in [1.54, 1.807) is 24.3 Å². The van der Waals surface area contributed by atoms with Gasteiger partial charge in [0.1, 0.15) is 5.75 Å². The molecule has 0 bridgehead atoms. The van der Waals surface area contributed by atoms with Gasteiger partial charge in [0, 0.05) is 17.6 Å². The molecule has 1 fully saturated rings. The third-order valence-electron chi connectivity index (χ3n) is 2.13. The van der Waals surface area contributed by atoms with Crippen LogP contribution in [-0.4, -0.2) is 17.7 Å². The number of hydrogen-bond donors (Lipinski definition) is 1. The molecule has 0 aliphatic carbocycles. The smallest absolute Gasteiger partial charge is 0.334 e. The summed E-state index contributed by atoms with van der Waals surface area (Å²) < 4.78 is 4.79. The molecule has 0 aromatic heterocycles. The van der Waals surface area contributed by atoms with E-state index in [9.17, 15) is 9.90 Å². The average molecular weight is 190 g/mol. The zero-order valence-corrected chi connectivity index (χ0v) is 7.56. The van der Waals surface area contributed by atoms with Gasteiger partial charge in [-0.25, -0.2) is 4.79 Å². The molecule has 72 valence electrons. The summed E-state index contributed by atoms with van der Waals surface area (Å²) in [5.41, 5.74) is 1.27. The van der Waals surface area contributed by atoms with Gasteiger partial charge >= 0.3 is 5.97 Å². The van der Waals surface area contributed by atoms with Crippen molar-refractivity contribution in [3.8, 4) is 5.75 Å². The molecule has 3 nitrogen and oxygen atoms in total. The maximum atomic E-state index is 11.1. The van der Waals surface area contributed by atoms with Gasteiger partial charge in [-0.3, -0.25) is 0 Å². The summed E-state index contributed by atoms with van der Waals surface area (Å²) in [6.07, 6.45) is 2.29. The number of rotatable bonds is 1. The Kier molecular flexibility index (Phi) is 2.23. The molecule has 0 spiro atoms. The first-order chi connectivity index (χ1) is 6.77. The van der Waals surface area contributed by atoms with E-state index in [-0.39, 0.29) is 11.7 Å². The number of hydrogen-bond acceptors (Lipinski definition) is 3. The van der Waals surface area contributed by atoms with Crippen LogP contribution in [0.5, 0.6) is 5.75 Å². The monoisotopic (exact) mass is 190 g/mol. The van der Waals surface area contributed by atoms with E-state index in [4.69, 9.17) is 4.74 Å². The SMILES string of the molecule is O=C1OCC/C1=C/c1ccccc1O. The maximum Gasteiger partial charge on any atom is 0.334 e. The molecule has 2 rings (SSSR count). The molecule has 3 heteroatoms. The van der Waals surface area contributed by atoms with Crippen LogP contribution in [0.1, 0.15) is 12.0 Å². The van der Waals surface area contributed by atoms with E-state index in [2.05, 4.69) is 0 Å². The lowest BCUT2D eigenvalue weighted by molar-refractivity contribution is -0.134. The molecule has 1 aromatic rings. The number of carbonyl (C=O) groups is 1. The normalized spacial score (nSPS) is 18.6. The van der Waals surface area contributed by atoms with Gasteiger partial charge < -0.3 is 9.84 Å². The fraction of sp³-hybridized carbons (Fsp3) is 0.182. The molecule has 1 N–H and O–H groups in total. The van der Waals surface area contributed by atoms with Crippen molar-refractivity contribution in [1.82, 2.24) is 0 Å². The fourth-order valence-electron chi connectivity index (χ4n) is 1.38. The molecule has 0 saturated carbocycles. The minimum Gasteiger partial charge on any atom is -0.507 e. The molecule has 1 heterocycles. The van der Waals surface area contributed by atoms with E-state index in [0.717, 1.165) is 0 Å². The van der Waals surface area contributed by atoms with Gasteiger partial charge in [-0.15, -0.1) is 0 Å². The van der Waals surface area contributed by atoms with Crippen molar-refractivity contribution in [3.63, 3.8) is 0 Å². The van der Waals surface area contributed by atoms with Crippen LogP contribution in [0.25, 0.3) is 6.08 Å². The Morgan fingerprint density at radius 1 is 1.36 bits per heavy atom. The molecule has 0 atom stereocenters. The molecule has 1 aromatic carbocycles. The van der Waals surface area contributed by atoms with Gasteiger partial charge in [-0.2, -0.15) is 0 Å². The zero-order valence-electron chi connectivity index (χ0n) is 7.56. The molecule has 0 unspecified atom stereocenters. The standard InChI is InChI=1S/C11H10O3/c12-10-4-2-1-3-8(10)7-9-5-6-14-11(9)13/h1-4,7,12H,5-6H2/b9-7-. The minimum atomic E-state index is -0.284. The molecule has 0 radical (unpaired) electrons. The fourth-order valence-corrected chi connectivity index (χ4v) is 1.38. The Morgan fingerprint density at radius 3 is 2.79 bits per heavy atom. The van der Waals surface area contributed by atoms with Crippen molar-refractivity contribution < 1.29 is 14.6 Å². The Bertz CT molecular complexity index is 393. The predicted octanol–water partition coefficient (Wildman–Crippen LogP) is 1.72. The second kappa shape index (κ2) is 3.54. The van der Waals surface area contributed by atoms with Gasteiger partial charge in [-0.1, -0.05) is 18.2 Å². The van der Waals surface area contributed by atoms with E-state index in [1.807, 2.05) is 6.07 Å². The van der Waals surface area contributed by atoms with Gasteiger partial charge in [0.05, 0.1) is 6.61 Å². The highest BCUT2D eigenvalue weighted by Crippen LogP contribution is 2.22. The van der Waals surface area contributed by atoms with Crippen LogP contribution in [0, 0.1) is 0 Å². The number of esters is 1. The van der Waals surface area contributed by atoms with Crippen LogP contribution in [0.2, 0.25) is 0 Å². The topological polar surface area (TPSA) is 46.5 Å². The van der Waals surface area contributed by atoms with E-state index in [0.29, 0.717) is 24.2 Å². The molecule has 1 aliphatic rings. The molecule has 1 saturated heterocycles. The summed E-state index contributed by atoms with van der Waals surface area (Å²) in [5, 5.41) is 9.46. The van der Waals surface area contributed by atoms with Crippen molar-refractivity contribution in [3.05, 3.63) is 35.4 Å². The van der Waals surface area contributed by atoms with Gasteiger partial charge in [0.25, 0.3) is 0 Å². The average Bonchev–Trinajstić information content (AvgIpc) is 2.56. The summed E-state index contributed by atoms with van der Waals surface area (Å²) in [4.78, 5) is 11.1. The van der Waals surface area contributed by atoms with Crippen LogP contribution in [0.3, 0.4) is 0 Å². The first-order valence-corrected chi connectivity index (χ1v) is 4.43. The lowest BCUT2D eigenvalue weighted by Crippen LogP contribution is -1.94. The number of cyclic esters (lactones) is 1. The number of benzene rings is 1. The summed E-state index contributed by atoms with van der Waals surface area (Å²) >= 11 is 0. The quantitative estimate of drug-likeness (QED) is 0.541. The Balaban J connectivity index is 2.33. The number of ether oxygens (including phenoxy) is 1. The maximum absolute atomic E-state index is 11.1. The molecule has 1 aliphatic heterocycles. The lowest BCUT2D eigenvalue weighted by Gasteiger charge is -1.98. The second-order valence-corrected chi connectivity index (χ2v) is 3.11. The number of para-hydroxylation sites is 1. The lowest BCUT2D eigenvalue weighted by atomic mass is 10.1. The van der Waals surface area contributed by atoms with Gasteiger partial charge in [0.15, 0.2) is 0 Å². The van der Waals surface area contributed by atoms with Crippen LogP contribution >= 0.6 is 0 Å². The Hall–Kier alpha value is -1.77. The third-order valence-corrected chi connectivity index (χ3v) is 2.13. The number of aromatic hydroxyl groups is 1. The van der Waals surface area contributed by atoms with Gasteiger partial charge in [-0.05, 0) is 12.1 Å². The third kappa shape index (κ3) is 1.62. The summed E-state index contributed by atoms with van der Waals surface area (Å²) in [5.74, 6) is -0.104. The van der Waals surface area contributed by atoms with Crippen molar-refractivity contribution in [2.75, 3.05) is 6.61 Å². The highest BCUT2D eigenvalue weighted by atomic mass is 16.5. The molecular weight excluding hydrogens is 180 g/mol. The summed E-state index contributed by atoms with van der Waals surface area (Å²) in [7, 11) is 0. The van der Waals surface area contributed by atoms with Crippen LogP contribution in [0.4, 0.5) is 0 Å². The largest absolute Gasteiger partial charge is 0.507 e. The van der Waals surface area contributed by atoms with Crippen molar-refractivity contribution >= 4 is 12.0 Å². The first kappa shape index (κ1) is 8.81. The van der Waals surface area contributed by atoms with E-state index in [1.165, 1.54) is 0 Å². The molecular formula is C11H10O3. The van der Waals surface area contributed by atoms with Crippen molar-refractivity contribution in [2.24, 2.45) is 0 Å². The Morgan fingerprint density at radius 2 is 2.14 bits per heavy atom. The van der Waals surface area contributed by atoms with Crippen molar-refractivity contribution in [2.45, 2.75) is 6.42 Å². The first-order valence-electron chi connectivity index (χ1n) is 4.43. The molecule has 0 amide bonds. The number of phenols is 1. The second-order valence-electron chi connectivity index (χ2n) is 3.11. The van der Waals surface area contributed by atoms with Crippen LogP contribution in [-0.2, 0) is 9.53 Å². The van der Waals surface area contributed by atoms with Crippen molar-refractivity contribution in [1.29, 1.82) is 0 Å². The Labute approximate surface area is 81.6 Å². The highest BCUT2D eigenvalue weighted by Gasteiger charge is 2.18. The van der Waals surface area contributed by atoms with Crippen LogP contribution in [0.15, 0.2) is 29.8 Å². The molecule has 14 heavy (non-hydrogen) atoms. The highest BCUT2D eigenvalue weighted by molar-refractivity contribution is 5.95. The van der Waals surface area contributed by atoms with Gasteiger partial charge in [0.2, 0.25) is 0 Å². The summed E-state index contributed by atoms with van der Waals surface area (Å²) in [6, 6.07) is 6.90.